The number of halogens is 1. The number of carbonyl (C=O) groups is 1. The van der Waals surface area contributed by atoms with Crippen molar-refractivity contribution in [2.24, 2.45) is 0 Å². The van der Waals surface area contributed by atoms with Crippen molar-refractivity contribution in [2.45, 2.75) is 38.5 Å². The van der Waals surface area contributed by atoms with Crippen LogP contribution in [0.15, 0.2) is 42.5 Å². The van der Waals surface area contributed by atoms with Crippen LogP contribution in [0.25, 0.3) is 22.2 Å². The van der Waals surface area contributed by atoms with Gasteiger partial charge in [-0.05, 0) is 48.2 Å². The summed E-state index contributed by atoms with van der Waals surface area (Å²) in [6.45, 7) is -0.351. The Kier molecular flexibility index (Phi) is 6.12. The van der Waals surface area contributed by atoms with E-state index in [2.05, 4.69) is 9.97 Å². The lowest BCUT2D eigenvalue weighted by Gasteiger charge is -2.01. The van der Waals surface area contributed by atoms with E-state index in [4.69, 9.17) is 5.11 Å². The van der Waals surface area contributed by atoms with Crippen LogP contribution in [0, 0.1) is 5.82 Å². The first-order chi connectivity index (χ1) is 12.7. The van der Waals surface area contributed by atoms with E-state index in [1.54, 1.807) is 6.07 Å². The number of aliphatic hydroxyl groups is 1. The molecule has 5 heteroatoms. The van der Waals surface area contributed by atoms with Crippen LogP contribution in [-0.2, 0) is 11.2 Å². The van der Waals surface area contributed by atoms with Gasteiger partial charge in [0.1, 0.15) is 18.2 Å². The van der Waals surface area contributed by atoms with E-state index in [1.165, 1.54) is 12.1 Å². The van der Waals surface area contributed by atoms with Gasteiger partial charge in [-0.2, -0.15) is 0 Å². The molecule has 1 aromatic heterocycles. The van der Waals surface area contributed by atoms with Crippen LogP contribution in [0.3, 0.4) is 0 Å². The lowest BCUT2D eigenvalue weighted by Crippen LogP contribution is -2.02. The molecule has 4 nitrogen and oxygen atoms in total. The number of nitrogens with one attached hydrogen (secondary N) is 1. The standard InChI is InChI=1S/C21H23FN2O2/c22-17-7-5-6-15(12-17)16-10-11-19-20(13-16)24-21(23-19)9-4-2-1-3-8-18(26)14-25/h5-7,10-13,25H,1-4,8-9,14H2,(H,23,24). The number of ketones is 1. The van der Waals surface area contributed by atoms with Crippen LogP contribution >= 0.6 is 0 Å². The van der Waals surface area contributed by atoms with Gasteiger partial charge in [-0.1, -0.05) is 31.0 Å². The molecule has 0 radical (unpaired) electrons. The number of imidazole rings is 1. The molecule has 2 N–H and O–H groups in total. The zero-order valence-corrected chi connectivity index (χ0v) is 14.7. The van der Waals surface area contributed by atoms with Gasteiger partial charge in [0, 0.05) is 12.8 Å². The number of fused-ring (bicyclic) bond motifs is 1. The Balaban J connectivity index is 1.57. The molecule has 0 aliphatic rings. The molecule has 1 heterocycles. The number of aromatic amines is 1. The third kappa shape index (κ3) is 4.76. The minimum absolute atomic E-state index is 0.0867. The Morgan fingerprint density at radius 2 is 1.85 bits per heavy atom. The van der Waals surface area contributed by atoms with Gasteiger partial charge in [0.2, 0.25) is 0 Å². The third-order valence-corrected chi connectivity index (χ3v) is 4.48. The average molecular weight is 354 g/mol. The predicted octanol–water partition coefficient (Wildman–Crippen LogP) is 4.42. The Morgan fingerprint density at radius 1 is 1.04 bits per heavy atom. The van der Waals surface area contributed by atoms with Crippen molar-refractivity contribution in [1.29, 1.82) is 0 Å². The third-order valence-electron chi connectivity index (χ3n) is 4.48. The first-order valence-electron chi connectivity index (χ1n) is 9.03. The Labute approximate surface area is 152 Å². The van der Waals surface area contributed by atoms with Crippen LogP contribution in [0.1, 0.15) is 37.9 Å². The van der Waals surface area contributed by atoms with E-state index in [1.807, 2.05) is 24.3 Å². The summed E-state index contributed by atoms with van der Waals surface area (Å²) in [4.78, 5) is 19.0. The molecular formula is C21H23FN2O2. The Hall–Kier alpha value is -2.53. The fourth-order valence-electron chi connectivity index (χ4n) is 3.08. The monoisotopic (exact) mass is 354 g/mol. The summed E-state index contributed by atoms with van der Waals surface area (Å²) in [7, 11) is 0. The topological polar surface area (TPSA) is 66.0 Å². The fourth-order valence-corrected chi connectivity index (χ4v) is 3.08. The Morgan fingerprint density at radius 3 is 2.65 bits per heavy atom. The maximum absolute atomic E-state index is 13.4. The van der Waals surface area contributed by atoms with Gasteiger partial charge in [-0.25, -0.2) is 9.37 Å². The highest BCUT2D eigenvalue weighted by Gasteiger charge is 2.06. The lowest BCUT2D eigenvalue weighted by atomic mass is 10.1. The first kappa shape index (κ1) is 18.3. The summed E-state index contributed by atoms with van der Waals surface area (Å²) in [6.07, 6.45) is 5.17. The minimum atomic E-state index is -0.351. The van der Waals surface area contributed by atoms with Crippen molar-refractivity contribution in [2.75, 3.05) is 6.61 Å². The zero-order valence-electron chi connectivity index (χ0n) is 14.7. The minimum Gasteiger partial charge on any atom is -0.389 e. The van der Waals surface area contributed by atoms with Crippen molar-refractivity contribution in [1.82, 2.24) is 9.97 Å². The number of aliphatic hydroxyl groups excluding tert-OH is 1. The molecule has 0 spiro atoms. The largest absolute Gasteiger partial charge is 0.389 e. The molecule has 3 rings (SSSR count). The second-order valence-corrected chi connectivity index (χ2v) is 6.54. The second kappa shape index (κ2) is 8.72. The van der Waals surface area contributed by atoms with Gasteiger partial charge in [0.15, 0.2) is 5.78 Å². The molecule has 0 fully saturated rings. The van der Waals surface area contributed by atoms with Crippen molar-refractivity contribution in [3.05, 3.63) is 54.1 Å². The summed E-state index contributed by atoms with van der Waals surface area (Å²) >= 11 is 0. The van der Waals surface area contributed by atoms with E-state index in [-0.39, 0.29) is 18.2 Å². The summed E-state index contributed by atoms with van der Waals surface area (Å²) in [5.74, 6) is 0.618. The summed E-state index contributed by atoms with van der Waals surface area (Å²) in [6, 6.07) is 12.5. The molecule has 136 valence electrons. The molecule has 0 aliphatic heterocycles. The van der Waals surface area contributed by atoms with E-state index < -0.39 is 0 Å². The summed E-state index contributed by atoms with van der Waals surface area (Å²) in [5.41, 5.74) is 3.67. The quantitative estimate of drug-likeness (QED) is 0.559. The SMILES string of the molecule is O=C(CO)CCCCCCc1nc2ccc(-c3cccc(F)c3)cc2[nH]1. The number of benzene rings is 2. The van der Waals surface area contributed by atoms with E-state index >= 15 is 0 Å². The molecule has 0 bridgehead atoms. The number of aryl methyl sites for hydroxylation is 1. The zero-order chi connectivity index (χ0) is 18.4. The predicted molar refractivity (Wildman–Crippen MR) is 100 cm³/mol. The van der Waals surface area contributed by atoms with Crippen LogP contribution in [0.5, 0.6) is 0 Å². The van der Waals surface area contributed by atoms with Crippen molar-refractivity contribution in [3.8, 4) is 11.1 Å². The highest BCUT2D eigenvalue weighted by atomic mass is 19.1. The van der Waals surface area contributed by atoms with Gasteiger partial charge in [0.05, 0.1) is 11.0 Å². The normalized spacial score (nSPS) is 11.2. The smallest absolute Gasteiger partial charge is 0.158 e. The molecule has 3 aromatic rings. The fraction of sp³-hybridized carbons (Fsp3) is 0.333. The van der Waals surface area contributed by atoms with Crippen LogP contribution < -0.4 is 0 Å². The van der Waals surface area contributed by atoms with Crippen molar-refractivity contribution < 1.29 is 14.3 Å². The van der Waals surface area contributed by atoms with E-state index in [9.17, 15) is 9.18 Å². The number of nitrogens with zero attached hydrogens (tertiary/aromatic N) is 1. The van der Waals surface area contributed by atoms with E-state index in [0.29, 0.717) is 6.42 Å². The number of hydrogen-bond donors (Lipinski definition) is 2. The van der Waals surface area contributed by atoms with Gasteiger partial charge >= 0.3 is 0 Å². The first-order valence-corrected chi connectivity index (χ1v) is 9.03. The number of H-pyrrole nitrogens is 1. The number of carbonyl (C=O) groups excluding carboxylic acids is 1. The van der Waals surface area contributed by atoms with Crippen LogP contribution in [0.2, 0.25) is 0 Å². The maximum Gasteiger partial charge on any atom is 0.158 e. The number of aromatic nitrogens is 2. The number of Topliss-reactive ketones (excluding diaryl/α,β-unsaturated/α-hetero) is 1. The average Bonchev–Trinajstić information content (AvgIpc) is 3.06. The Bertz CT molecular complexity index is 889. The molecule has 0 amide bonds. The molecule has 0 saturated carbocycles. The van der Waals surface area contributed by atoms with Gasteiger partial charge in [0.25, 0.3) is 0 Å². The second-order valence-electron chi connectivity index (χ2n) is 6.54. The molecule has 2 aromatic carbocycles. The lowest BCUT2D eigenvalue weighted by molar-refractivity contribution is -0.121. The number of unbranched alkanes of at least 4 members (excludes halogenated alkanes) is 3. The van der Waals surface area contributed by atoms with Crippen molar-refractivity contribution >= 4 is 16.8 Å². The highest BCUT2D eigenvalue weighted by Crippen LogP contribution is 2.24. The van der Waals surface area contributed by atoms with Crippen molar-refractivity contribution in [3.63, 3.8) is 0 Å². The van der Waals surface area contributed by atoms with Gasteiger partial charge in [-0.3, -0.25) is 4.79 Å². The highest BCUT2D eigenvalue weighted by molar-refractivity contribution is 5.82. The summed E-state index contributed by atoms with van der Waals surface area (Å²) in [5, 5.41) is 8.68. The number of rotatable bonds is 9. The van der Waals surface area contributed by atoms with Crippen LogP contribution in [0.4, 0.5) is 4.39 Å². The molecular weight excluding hydrogens is 331 g/mol. The van der Waals surface area contributed by atoms with Crippen LogP contribution in [-0.4, -0.2) is 27.5 Å². The van der Waals surface area contributed by atoms with E-state index in [0.717, 1.165) is 60.1 Å². The molecule has 0 saturated heterocycles. The molecule has 0 aliphatic carbocycles. The van der Waals surface area contributed by atoms with Gasteiger partial charge in [-0.15, -0.1) is 0 Å². The summed E-state index contributed by atoms with van der Waals surface area (Å²) < 4.78 is 13.4. The molecule has 26 heavy (non-hydrogen) atoms. The van der Waals surface area contributed by atoms with Gasteiger partial charge < -0.3 is 10.1 Å². The molecule has 0 unspecified atom stereocenters. The number of hydrogen-bond acceptors (Lipinski definition) is 3. The molecule has 0 atom stereocenters. The maximum atomic E-state index is 13.4.